The first kappa shape index (κ1) is 18.3. The molecule has 4 N–H and O–H groups in total. The van der Waals surface area contributed by atoms with E-state index in [1.807, 2.05) is 18.2 Å². The minimum atomic E-state index is -0.329. The van der Waals surface area contributed by atoms with Gasteiger partial charge in [0.2, 0.25) is 0 Å². The molecule has 138 valence electrons. The predicted octanol–water partition coefficient (Wildman–Crippen LogP) is 2.97. The fourth-order valence-corrected chi connectivity index (χ4v) is 3.81. The fraction of sp³-hybridized carbons (Fsp3) is 0.381. The van der Waals surface area contributed by atoms with Gasteiger partial charge in [-0.1, -0.05) is 36.4 Å². The number of amides is 1. The predicted molar refractivity (Wildman–Crippen MR) is 102 cm³/mol. The summed E-state index contributed by atoms with van der Waals surface area (Å²) in [4.78, 5) is 12.7. The van der Waals surface area contributed by atoms with Crippen molar-refractivity contribution in [2.45, 2.75) is 37.1 Å². The highest BCUT2D eigenvalue weighted by Gasteiger charge is 2.36. The maximum absolute atomic E-state index is 12.7. The van der Waals surface area contributed by atoms with Crippen LogP contribution in [0.1, 0.15) is 41.6 Å². The molecule has 5 heteroatoms. The van der Waals surface area contributed by atoms with Crippen molar-refractivity contribution in [1.29, 1.82) is 0 Å². The zero-order valence-corrected chi connectivity index (χ0v) is 15.1. The Morgan fingerprint density at radius 2 is 1.88 bits per heavy atom. The maximum Gasteiger partial charge on any atom is 0.258 e. The van der Waals surface area contributed by atoms with Gasteiger partial charge in [0.25, 0.3) is 5.91 Å². The number of methoxy groups -OCH3 is 1. The third kappa shape index (κ3) is 3.68. The van der Waals surface area contributed by atoms with E-state index in [9.17, 15) is 9.90 Å². The van der Waals surface area contributed by atoms with Gasteiger partial charge in [-0.2, -0.15) is 0 Å². The first-order valence-electron chi connectivity index (χ1n) is 9.01. The van der Waals surface area contributed by atoms with Gasteiger partial charge in [0.05, 0.1) is 7.11 Å². The first-order valence-corrected chi connectivity index (χ1v) is 9.01. The number of hydrogen-bond acceptors (Lipinski definition) is 4. The Bertz CT molecular complexity index is 753. The van der Waals surface area contributed by atoms with Crippen molar-refractivity contribution >= 4 is 5.91 Å². The second kappa shape index (κ2) is 7.79. The van der Waals surface area contributed by atoms with E-state index in [2.05, 4.69) is 17.4 Å². The van der Waals surface area contributed by atoms with Gasteiger partial charge in [-0.05, 0) is 43.4 Å². The highest BCUT2D eigenvalue weighted by molar-refractivity contribution is 5.99. The number of nitrogens with one attached hydrogen (secondary N) is 1. The fourth-order valence-electron chi connectivity index (χ4n) is 3.81. The third-order valence-electron chi connectivity index (χ3n) is 5.41. The summed E-state index contributed by atoms with van der Waals surface area (Å²) >= 11 is 0. The molecule has 0 bridgehead atoms. The van der Waals surface area contributed by atoms with Gasteiger partial charge < -0.3 is 20.9 Å². The molecule has 1 fully saturated rings. The molecule has 0 radical (unpaired) electrons. The molecule has 0 aliphatic heterocycles. The van der Waals surface area contributed by atoms with Crippen LogP contribution in [0.5, 0.6) is 11.5 Å². The second-order valence-electron chi connectivity index (χ2n) is 7.02. The average Bonchev–Trinajstić information content (AvgIpc) is 2.68. The van der Waals surface area contributed by atoms with Gasteiger partial charge in [-0.3, -0.25) is 4.79 Å². The van der Waals surface area contributed by atoms with Crippen molar-refractivity contribution in [2.24, 2.45) is 5.73 Å². The number of phenols is 1. The molecule has 0 atom stereocenters. The van der Waals surface area contributed by atoms with Crippen LogP contribution in [0, 0.1) is 0 Å². The Morgan fingerprint density at radius 1 is 1.19 bits per heavy atom. The normalized spacial score (nSPS) is 22.6. The number of phenolic OH excluding ortho intramolecular Hbond substituents is 1. The summed E-state index contributed by atoms with van der Waals surface area (Å²) in [5, 5.41) is 13.1. The van der Waals surface area contributed by atoms with Crippen molar-refractivity contribution in [3.63, 3.8) is 0 Å². The molecule has 5 nitrogen and oxygen atoms in total. The molecule has 2 aromatic rings. The lowest BCUT2D eigenvalue weighted by molar-refractivity contribution is 0.0929. The van der Waals surface area contributed by atoms with Crippen LogP contribution < -0.4 is 15.8 Å². The van der Waals surface area contributed by atoms with Gasteiger partial charge >= 0.3 is 0 Å². The Balaban J connectivity index is 1.82. The monoisotopic (exact) mass is 354 g/mol. The van der Waals surface area contributed by atoms with Crippen molar-refractivity contribution in [2.75, 3.05) is 13.7 Å². The van der Waals surface area contributed by atoms with E-state index in [4.69, 9.17) is 10.5 Å². The number of nitrogens with two attached hydrogens (primary N) is 1. The Kier molecular flexibility index (Phi) is 5.47. The summed E-state index contributed by atoms with van der Waals surface area (Å²) in [6.07, 6.45) is 3.72. The van der Waals surface area contributed by atoms with Crippen LogP contribution in [-0.4, -0.2) is 30.7 Å². The van der Waals surface area contributed by atoms with Crippen LogP contribution in [0.3, 0.4) is 0 Å². The summed E-state index contributed by atoms with van der Waals surface area (Å²) in [5.74, 6) is -0.0478. The minimum absolute atomic E-state index is 0.0822. The van der Waals surface area contributed by atoms with Crippen molar-refractivity contribution in [3.8, 4) is 11.5 Å². The van der Waals surface area contributed by atoms with Crippen LogP contribution in [0.15, 0.2) is 48.5 Å². The number of benzene rings is 2. The SMILES string of the molecule is COc1cccc(O)c1C(=O)NC[C@]1(c2ccccc2)CC[C@H](N)CC1. The van der Waals surface area contributed by atoms with E-state index in [0.717, 1.165) is 25.7 Å². The molecule has 0 aromatic heterocycles. The standard InChI is InChI=1S/C21H26N2O3/c1-26-18-9-5-8-17(24)19(18)20(25)23-14-21(12-10-16(22)11-13-21)15-6-3-2-4-7-15/h2-9,16,24H,10-14,22H2,1H3,(H,23,25)/t16-,21-. The van der Waals surface area contributed by atoms with E-state index >= 15 is 0 Å². The summed E-state index contributed by atoms with van der Waals surface area (Å²) in [5.41, 5.74) is 7.36. The van der Waals surface area contributed by atoms with Crippen LogP contribution in [-0.2, 0) is 5.41 Å². The largest absolute Gasteiger partial charge is 0.507 e. The van der Waals surface area contributed by atoms with Crippen molar-refractivity contribution < 1.29 is 14.6 Å². The molecule has 1 aliphatic carbocycles. The second-order valence-corrected chi connectivity index (χ2v) is 7.02. The zero-order valence-electron chi connectivity index (χ0n) is 15.1. The first-order chi connectivity index (χ1) is 12.6. The number of hydrogen-bond donors (Lipinski definition) is 3. The van der Waals surface area contributed by atoms with Crippen LogP contribution >= 0.6 is 0 Å². The van der Waals surface area contributed by atoms with E-state index in [1.165, 1.54) is 18.7 Å². The molecule has 1 amide bonds. The van der Waals surface area contributed by atoms with Crippen LogP contribution in [0.2, 0.25) is 0 Å². The summed E-state index contributed by atoms with van der Waals surface area (Å²) < 4.78 is 5.23. The molecular formula is C21H26N2O3. The van der Waals surface area contributed by atoms with Gasteiger partial charge in [-0.25, -0.2) is 0 Å². The average molecular weight is 354 g/mol. The molecule has 0 saturated heterocycles. The molecular weight excluding hydrogens is 328 g/mol. The molecule has 3 rings (SSSR count). The van der Waals surface area contributed by atoms with Gasteiger partial charge in [0.1, 0.15) is 17.1 Å². The minimum Gasteiger partial charge on any atom is -0.507 e. The highest BCUT2D eigenvalue weighted by atomic mass is 16.5. The number of carbonyl (C=O) groups excluding carboxylic acids is 1. The molecule has 2 aromatic carbocycles. The van der Waals surface area contributed by atoms with Crippen molar-refractivity contribution in [1.82, 2.24) is 5.32 Å². The number of aromatic hydroxyl groups is 1. The molecule has 1 aliphatic rings. The van der Waals surface area contributed by atoms with E-state index < -0.39 is 0 Å². The Labute approximate surface area is 154 Å². The molecule has 0 spiro atoms. The van der Waals surface area contributed by atoms with Gasteiger partial charge in [0.15, 0.2) is 0 Å². The van der Waals surface area contributed by atoms with E-state index in [-0.39, 0.29) is 28.7 Å². The molecule has 1 saturated carbocycles. The van der Waals surface area contributed by atoms with Crippen LogP contribution in [0.25, 0.3) is 0 Å². The lowest BCUT2D eigenvalue weighted by atomic mass is 9.68. The molecule has 0 heterocycles. The summed E-state index contributed by atoms with van der Waals surface area (Å²) in [7, 11) is 1.49. The van der Waals surface area contributed by atoms with Crippen molar-refractivity contribution in [3.05, 3.63) is 59.7 Å². The van der Waals surface area contributed by atoms with Gasteiger partial charge in [-0.15, -0.1) is 0 Å². The Hall–Kier alpha value is -2.53. The van der Waals surface area contributed by atoms with Gasteiger partial charge in [0, 0.05) is 18.0 Å². The lowest BCUT2D eigenvalue weighted by Crippen LogP contribution is -2.45. The highest BCUT2D eigenvalue weighted by Crippen LogP contribution is 2.39. The van der Waals surface area contributed by atoms with Crippen LogP contribution in [0.4, 0.5) is 0 Å². The number of rotatable bonds is 5. The van der Waals surface area contributed by atoms with E-state index in [0.29, 0.717) is 12.3 Å². The quantitative estimate of drug-likeness (QED) is 0.771. The number of ether oxygens (including phenoxy) is 1. The Morgan fingerprint density at radius 3 is 2.54 bits per heavy atom. The summed E-state index contributed by atoms with van der Waals surface area (Å²) in [6.45, 7) is 0.500. The lowest BCUT2D eigenvalue weighted by Gasteiger charge is -2.40. The van der Waals surface area contributed by atoms with E-state index in [1.54, 1.807) is 12.1 Å². The third-order valence-corrected chi connectivity index (χ3v) is 5.41. The zero-order chi connectivity index (χ0) is 18.6. The summed E-state index contributed by atoms with van der Waals surface area (Å²) in [6, 6.07) is 15.3. The maximum atomic E-state index is 12.7. The topological polar surface area (TPSA) is 84.6 Å². The smallest absolute Gasteiger partial charge is 0.258 e. The molecule has 26 heavy (non-hydrogen) atoms. The molecule has 0 unspecified atom stereocenters. The number of carbonyl (C=O) groups is 1.